The average molecular weight is 592 g/mol. The first kappa shape index (κ1) is 27.9. The third kappa shape index (κ3) is 5.64. The third-order valence-corrected chi connectivity index (χ3v) is 7.81. The largest absolute Gasteiger partial charge is 0.497 e. The number of hydrogen-bond donors (Lipinski definition) is 0. The van der Waals surface area contributed by atoms with Gasteiger partial charge in [0.1, 0.15) is 11.4 Å². The molecule has 0 aliphatic carbocycles. The van der Waals surface area contributed by atoms with Crippen molar-refractivity contribution in [3.8, 4) is 34.2 Å². The van der Waals surface area contributed by atoms with Crippen molar-refractivity contribution in [2.75, 3.05) is 20.8 Å². The van der Waals surface area contributed by atoms with Gasteiger partial charge < -0.3 is 14.2 Å². The summed E-state index contributed by atoms with van der Waals surface area (Å²) in [6.07, 6.45) is 7.43. The molecule has 216 valence electrons. The number of benzene rings is 3. The number of thiazole rings is 1. The second kappa shape index (κ2) is 11.9. The van der Waals surface area contributed by atoms with E-state index in [2.05, 4.69) is 10.1 Å². The molecule has 0 atom stereocenters. The van der Waals surface area contributed by atoms with E-state index in [1.165, 1.54) is 15.9 Å². The summed E-state index contributed by atoms with van der Waals surface area (Å²) in [6.45, 7) is 4.49. The molecule has 0 saturated carbocycles. The Balaban J connectivity index is 1.37. The molecule has 0 fully saturated rings. The van der Waals surface area contributed by atoms with Crippen LogP contribution in [0.2, 0.25) is 0 Å². The molecule has 0 aliphatic rings. The van der Waals surface area contributed by atoms with Gasteiger partial charge in [0.2, 0.25) is 4.96 Å². The highest BCUT2D eigenvalue weighted by Gasteiger charge is 2.16. The van der Waals surface area contributed by atoms with Gasteiger partial charge in [0.25, 0.3) is 5.56 Å². The van der Waals surface area contributed by atoms with Crippen LogP contribution in [0.5, 0.6) is 17.2 Å². The van der Waals surface area contributed by atoms with E-state index in [1.807, 2.05) is 104 Å². The fourth-order valence-corrected chi connectivity index (χ4v) is 5.64. The van der Waals surface area contributed by atoms with Gasteiger partial charge in [-0.2, -0.15) is 14.6 Å². The molecule has 0 spiro atoms. The van der Waals surface area contributed by atoms with Crippen molar-refractivity contribution in [3.05, 3.63) is 110 Å². The van der Waals surface area contributed by atoms with Crippen LogP contribution in [0.3, 0.4) is 0 Å². The van der Waals surface area contributed by atoms with E-state index < -0.39 is 0 Å². The summed E-state index contributed by atoms with van der Waals surface area (Å²) in [6, 6.07) is 21.4. The molecular formula is C33H29N5O4S. The van der Waals surface area contributed by atoms with Gasteiger partial charge in [0.15, 0.2) is 17.3 Å². The van der Waals surface area contributed by atoms with Gasteiger partial charge in [-0.05, 0) is 79.6 Å². The van der Waals surface area contributed by atoms with Crippen molar-refractivity contribution in [1.82, 2.24) is 24.4 Å². The lowest BCUT2D eigenvalue weighted by molar-refractivity contribution is 0.311. The summed E-state index contributed by atoms with van der Waals surface area (Å²) >= 11 is 1.29. The Morgan fingerprint density at radius 3 is 2.49 bits per heavy atom. The summed E-state index contributed by atoms with van der Waals surface area (Å²) in [5.74, 6) is 2.54. The van der Waals surface area contributed by atoms with Crippen molar-refractivity contribution in [3.63, 3.8) is 0 Å². The van der Waals surface area contributed by atoms with Crippen LogP contribution in [-0.2, 0) is 0 Å². The van der Waals surface area contributed by atoms with Gasteiger partial charge in [0, 0.05) is 17.3 Å². The normalized spacial score (nSPS) is 12.0. The molecule has 3 heterocycles. The van der Waals surface area contributed by atoms with Crippen molar-refractivity contribution >= 4 is 34.5 Å². The summed E-state index contributed by atoms with van der Waals surface area (Å²) < 4.78 is 20.1. The minimum atomic E-state index is -0.236. The number of methoxy groups -OCH3 is 2. The van der Waals surface area contributed by atoms with E-state index in [0.717, 1.165) is 39.4 Å². The standard InChI is InChI=1S/C33H29N5O4S/c1-5-42-27-15-11-22(18-28(27)41-4)12-16-30-34-33-38(35-30)32(39)29(43-33)19-23-20-37(24-9-7-6-8-10-24)36-31(23)26-14-13-25(40-3)17-21(26)2/h6-20H,5H2,1-4H3/b16-12+,29-19-. The van der Waals surface area contributed by atoms with Gasteiger partial charge in [0.05, 0.1) is 31.0 Å². The molecule has 0 bridgehead atoms. The number of ether oxygens (including phenoxy) is 3. The van der Waals surface area contributed by atoms with E-state index in [4.69, 9.17) is 19.3 Å². The van der Waals surface area contributed by atoms with Crippen LogP contribution >= 0.6 is 11.3 Å². The quantitative estimate of drug-likeness (QED) is 0.221. The van der Waals surface area contributed by atoms with Crippen molar-refractivity contribution in [1.29, 1.82) is 0 Å². The van der Waals surface area contributed by atoms with Crippen molar-refractivity contribution in [2.24, 2.45) is 0 Å². The van der Waals surface area contributed by atoms with Gasteiger partial charge >= 0.3 is 0 Å². The van der Waals surface area contributed by atoms with Crippen LogP contribution in [0.1, 0.15) is 29.4 Å². The van der Waals surface area contributed by atoms with Crippen LogP contribution in [0, 0.1) is 6.92 Å². The van der Waals surface area contributed by atoms with Gasteiger partial charge in [-0.15, -0.1) is 5.10 Å². The maximum absolute atomic E-state index is 13.4. The number of rotatable bonds is 9. The number of nitrogens with zero attached hydrogens (tertiary/aromatic N) is 5. The summed E-state index contributed by atoms with van der Waals surface area (Å²) in [4.78, 5) is 18.5. The Bertz CT molecular complexity index is 2060. The van der Waals surface area contributed by atoms with E-state index in [0.29, 0.717) is 33.4 Å². The molecule has 3 aromatic heterocycles. The highest BCUT2D eigenvalue weighted by Crippen LogP contribution is 2.30. The third-order valence-electron chi connectivity index (χ3n) is 6.85. The highest BCUT2D eigenvalue weighted by molar-refractivity contribution is 7.15. The maximum Gasteiger partial charge on any atom is 0.291 e. The topological polar surface area (TPSA) is 92.8 Å². The van der Waals surface area contributed by atoms with Crippen molar-refractivity contribution < 1.29 is 14.2 Å². The summed E-state index contributed by atoms with van der Waals surface area (Å²) in [5.41, 5.74) is 5.11. The van der Waals surface area contributed by atoms with Crippen LogP contribution in [0.15, 0.2) is 77.7 Å². The Morgan fingerprint density at radius 1 is 0.930 bits per heavy atom. The smallest absolute Gasteiger partial charge is 0.291 e. The molecule has 9 nitrogen and oxygen atoms in total. The van der Waals surface area contributed by atoms with Gasteiger partial charge in [-0.25, -0.2) is 4.68 Å². The first-order valence-corrected chi connectivity index (χ1v) is 14.5. The lowest BCUT2D eigenvalue weighted by Gasteiger charge is -2.09. The average Bonchev–Trinajstić information content (AvgIpc) is 3.71. The number of para-hydroxylation sites is 1. The van der Waals surface area contributed by atoms with Crippen molar-refractivity contribution in [2.45, 2.75) is 13.8 Å². The Kier molecular flexibility index (Phi) is 7.76. The van der Waals surface area contributed by atoms with Crippen LogP contribution in [0.4, 0.5) is 0 Å². The van der Waals surface area contributed by atoms with E-state index in [-0.39, 0.29) is 5.56 Å². The molecule has 0 aliphatic heterocycles. The molecule has 6 rings (SSSR count). The zero-order valence-electron chi connectivity index (χ0n) is 24.1. The molecule has 10 heteroatoms. The Labute approximate surface area is 251 Å². The van der Waals surface area contributed by atoms with Gasteiger partial charge in [-0.3, -0.25) is 4.79 Å². The van der Waals surface area contributed by atoms with E-state index in [1.54, 1.807) is 20.3 Å². The zero-order valence-corrected chi connectivity index (χ0v) is 25.0. The highest BCUT2D eigenvalue weighted by atomic mass is 32.1. The fraction of sp³-hybridized carbons (Fsp3) is 0.152. The first-order chi connectivity index (χ1) is 21.0. The number of aryl methyl sites for hydroxylation is 1. The zero-order chi connectivity index (χ0) is 29.9. The minimum absolute atomic E-state index is 0.236. The molecule has 6 aromatic rings. The molecule has 43 heavy (non-hydrogen) atoms. The van der Waals surface area contributed by atoms with Crippen LogP contribution < -0.4 is 24.3 Å². The molecule has 0 radical (unpaired) electrons. The molecule has 0 N–H and O–H groups in total. The SMILES string of the molecule is CCOc1ccc(/C=C/c2nc3s/c(=C\c4cn(-c5ccccc5)nc4-c4ccc(OC)cc4C)c(=O)n3n2)cc1OC. The molecule has 0 saturated heterocycles. The molecule has 0 amide bonds. The number of hydrogen-bond acceptors (Lipinski definition) is 8. The molecule has 3 aromatic carbocycles. The minimum Gasteiger partial charge on any atom is -0.497 e. The Morgan fingerprint density at radius 2 is 1.77 bits per heavy atom. The van der Waals surface area contributed by atoms with E-state index >= 15 is 0 Å². The Hall–Kier alpha value is -5.22. The monoisotopic (exact) mass is 591 g/mol. The second-order valence-corrected chi connectivity index (χ2v) is 10.7. The lowest BCUT2D eigenvalue weighted by Crippen LogP contribution is -2.23. The first-order valence-electron chi connectivity index (χ1n) is 13.7. The van der Waals surface area contributed by atoms with Crippen LogP contribution in [0.25, 0.3) is 40.1 Å². The van der Waals surface area contributed by atoms with E-state index in [9.17, 15) is 4.79 Å². The summed E-state index contributed by atoms with van der Waals surface area (Å²) in [5, 5.41) is 9.36. The number of aromatic nitrogens is 5. The second-order valence-electron chi connectivity index (χ2n) is 9.65. The molecular weight excluding hydrogens is 562 g/mol. The fourth-order valence-electron chi connectivity index (χ4n) is 4.74. The predicted molar refractivity (Wildman–Crippen MR) is 169 cm³/mol. The lowest BCUT2D eigenvalue weighted by atomic mass is 10.0. The predicted octanol–water partition coefficient (Wildman–Crippen LogP) is 5.45. The maximum atomic E-state index is 13.4. The molecule has 0 unspecified atom stereocenters. The number of fused-ring (bicyclic) bond motifs is 1. The van der Waals surface area contributed by atoms with Gasteiger partial charge in [-0.1, -0.05) is 41.7 Å². The summed E-state index contributed by atoms with van der Waals surface area (Å²) in [7, 11) is 3.25. The van der Waals surface area contributed by atoms with Crippen LogP contribution in [-0.4, -0.2) is 45.2 Å².